The predicted octanol–water partition coefficient (Wildman–Crippen LogP) is 0.338. The molecule has 0 aromatic heterocycles. The highest BCUT2D eigenvalue weighted by molar-refractivity contribution is 5.71. The van der Waals surface area contributed by atoms with Gasteiger partial charge in [-0.3, -0.25) is 9.59 Å². The Kier molecular flexibility index (Phi) is 3.70. The Morgan fingerprint density at radius 3 is 2.31 bits per heavy atom. The second kappa shape index (κ2) is 4.11. The van der Waals surface area contributed by atoms with Crippen LogP contribution < -0.4 is 0 Å². The lowest BCUT2D eigenvalue weighted by molar-refractivity contribution is -0.195. The van der Waals surface area contributed by atoms with Gasteiger partial charge in [0.1, 0.15) is 0 Å². The maximum atomic E-state index is 11.9. The molecule has 0 radical (unpaired) electrons. The zero-order valence-electron chi connectivity index (χ0n) is 6.71. The number of nitrogens with zero attached hydrogens (tertiary/aromatic N) is 1. The lowest BCUT2D eigenvalue weighted by atomic mass is 10.1. The number of hydrogen-bond acceptors (Lipinski definition) is 2. The Labute approximate surface area is 71.9 Å². The highest BCUT2D eigenvalue weighted by Crippen LogP contribution is 2.26. The molecule has 0 bridgehead atoms. The van der Waals surface area contributed by atoms with Gasteiger partial charge in [0.05, 0.1) is 0 Å². The first-order chi connectivity index (χ1) is 5.79. The van der Waals surface area contributed by atoms with Crippen molar-refractivity contribution < 1.29 is 27.9 Å². The van der Waals surface area contributed by atoms with Crippen LogP contribution in [0.25, 0.3) is 0 Å². The smallest absolute Gasteiger partial charge is 0.403 e. The van der Waals surface area contributed by atoms with Crippen molar-refractivity contribution in [2.24, 2.45) is 5.92 Å². The van der Waals surface area contributed by atoms with Gasteiger partial charge in [0.25, 0.3) is 0 Å². The van der Waals surface area contributed by atoms with Gasteiger partial charge in [-0.25, -0.2) is 0 Å². The van der Waals surface area contributed by atoms with Gasteiger partial charge < -0.3 is 10.0 Å². The lowest BCUT2D eigenvalue weighted by Crippen LogP contribution is -2.39. The lowest BCUT2D eigenvalue weighted by Gasteiger charge is -2.19. The van der Waals surface area contributed by atoms with Crippen LogP contribution in [0.2, 0.25) is 0 Å². The molecule has 0 aliphatic rings. The molecule has 0 saturated carbocycles. The summed E-state index contributed by atoms with van der Waals surface area (Å²) < 4.78 is 35.8. The standard InChI is InChI=1S/C6H8F3NO3/c1-10(3-11)2-4(5(12)13)6(7,8)9/h3-4H,2H2,1H3,(H,12,13)/t4-/m0/s1. The fourth-order valence-corrected chi connectivity index (χ4v) is 0.653. The van der Waals surface area contributed by atoms with E-state index in [1.807, 2.05) is 0 Å². The highest BCUT2D eigenvalue weighted by atomic mass is 19.4. The maximum absolute atomic E-state index is 11.9. The molecular weight excluding hydrogens is 191 g/mol. The zero-order chi connectivity index (χ0) is 10.6. The summed E-state index contributed by atoms with van der Waals surface area (Å²) in [4.78, 5) is 20.7. The summed E-state index contributed by atoms with van der Waals surface area (Å²) in [5.41, 5.74) is 0. The van der Waals surface area contributed by atoms with Crippen molar-refractivity contribution in [3.63, 3.8) is 0 Å². The third kappa shape index (κ3) is 3.77. The summed E-state index contributed by atoms with van der Waals surface area (Å²) >= 11 is 0. The molecule has 0 unspecified atom stereocenters. The normalized spacial score (nSPS) is 13.5. The van der Waals surface area contributed by atoms with Crippen LogP contribution in [0.4, 0.5) is 13.2 Å². The summed E-state index contributed by atoms with van der Waals surface area (Å²) in [7, 11) is 1.08. The van der Waals surface area contributed by atoms with Crippen LogP contribution in [0.1, 0.15) is 0 Å². The molecular formula is C6H8F3NO3. The number of carboxylic acids is 1. The van der Waals surface area contributed by atoms with Crippen LogP contribution >= 0.6 is 0 Å². The van der Waals surface area contributed by atoms with Crippen molar-refractivity contribution in [3.8, 4) is 0 Å². The SMILES string of the molecule is CN(C=O)C[C@@H](C(=O)O)C(F)(F)F. The van der Waals surface area contributed by atoms with Crippen LogP contribution in [0.3, 0.4) is 0 Å². The first-order valence-electron chi connectivity index (χ1n) is 3.24. The van der Waals surface area contributed by atoms with Crippen molar-refractivity contribution in [3.05, 3.63) is 0 Å². The Bertz CT molecular complexity index is 204. The Morgan fingerprint density at radius 2 is 2.08 bits per heavy atom. The maximum Gasteiger partial charge on any atom is 0.403 e. The molecule has 0 spiro atoms. The second-order valence-electron chi connectivity index (χ2n) is 2.48. The van der Waals surface area contributed by atoms with Crippen LogP contribution in [0, 0.1) is 5.92 Å². The average Bonchev–Trinajstić information content (AvgIpc) is 1.96. The molecule has 0 fully saturated rings. The van der Waals surface area contributed by atoms with E-state index in [1.165, 1.54) is 0 Å². The van der Waals surface area contributed by atoms with Gasteiger partial charge in [-0.1, -0.05) is 0 Å². The molecule has 7 heteroatoms. The summed E-state index contributed by atoms with van der Waals surface area (Å²) in [5, 5.41) is 8.19. The van der Waals surface area contributed by atoms with E-state index in [2.05, 4.69) is 0 Å². The van der Waals surface area contributed by atoms with Gasteiger partial charge >= 0.3 is 12.1 Å². The van der Waals surface area contributed by atoms with Crippen LogP contribution in [0.15, 0.2) is 0 Å². The van der Waals surface area contributed by atoms with Gasteiger partial charge in [-0.05, 0) is 0 Å². The third-order valence-corrected chi connectivity index (χ3v) is 1.34. The van der Waals surface area contributed by atoms with Crippen LogP contribution in [0.5, 0.6) is 0 Å². The minimum Gasteiger partial charge on any atom is -0.481 e. The Hall–Kier alpha value is -1.27. The summed E-state index contributed by atoms with van der Waals surface area (Å²) in [6.45, 7) is -0.873. The van der Waals surface area contributed by atoms with Gasteiger partial charge in [0.15, 0.2) is 5.92 Å². The van der Waals surface area contributed by atoms with E-state index < -0.39 is 24.6 Å². The number of halogens is 3. The van der Waals surface area contributed by atoms with Crippen molar-refractivity contribution in [2.75, 3.05) is 13.6 Å². The summed E-state index contributed by atoms with van der Waals surface area (Å²) in [5.74, 6) is -4.51. The van der Waals surface area contributed by atoms with E-state index in [4.69, 9.17) is 5.11 Å². The van der Waals surface area contributed by atoms with E-state index in [0.717, 1.165) is 7.05 Å². The number of hydrogen-bond donors (Lipinski definition) is 1. The molecule has 0 saturated heterocycles. The molecule has 0 aliphatic carbocycles. The average molecular weight is 199 g/mol. The van der Waals surface area contributed by atoms with Gasteiger partial charge in [0, 0.05) is 13.6 Å². The van der Waals surface area contributed by atoms with Gasteiger partial charge in [0.2, 0.25) is 6.41 Å². The van der Waals surface area contributed by atoms with E-state index in [0.29, 0.717) is 4.90 Å². The topological polar surface area (TPSA) is 57.6 Å². The van der Waals surface area contributed by atoms with E-state index in [9.17, 15) is 22.8 Å². The highest BCUT2D eigenvalue weighted by Gasteiger charge is 2.45. The Morgan fingerprint density at radius 1 is 1.62 bits per heavy atom. The molecule has 1 amide bonds. The fourth-order valence-electron chi connectivity index (χ4n) is 0.653. The van der Waals surface area contributed by atoms with Crippen LogP contribution in [-0.4, -0.2) is 42.2 Å². The first kappa shape index (κ1) is 11.7. The number of carbonyl (C=O) groups excluding carboxylic acids is 1. The number of amides is 1. The molecule has 0 aromatic rings. The van der Waals surface area contributed by atoms with E-state index >= 15 is 0 Å². The largest absolute Gasteiger partial charge is 0.481 e. The molecule has 1 N–H and O–H groups in total. The Balaban J connectivity index is 4.45. The monoisotopic (exact) mass is 199 g/mol. The molecule has 0 rings (SSSR count). The number of carboxylic acid groups (broad SMARTS) is 1. The quantitative estimate of drug-likeness (QED) is 0.664. The van der Waals surface area contributed by atoms with Crippen molar-refractivity contribution in [1.29, 1.82) is 0 Å². The summed E-state index contributed by atoms with van der Waals surface area (Å²) in [6.07, 6.45) is -4.69. The first-order valence-corrected chi connectivity index (χ1v) is 3.24. The fraction of sp³-hybridized carbons (Fsp3) is 0.667. The number of rotatable bonds is 4. The van der Waals surface area contributed by atoms with Crippen molar-refractivity contribution in [1.82, 2.24) is 4.90 Å². The third-order valence-electron chi connectivity index (χ3n) is 1.34. The van der Waals surface area contributed by atoms with E-state index in [1.54, 1.807) is 0 Å². The molecule has 4 nitrogen and oxygen atoms in total. The number of carbonyl (C=O) groups is 2. The molecule has 1 atom stereocenters. The number of aliphatic carboxylic acids is 1. The molecule has 76 valence electrons. The zero-order valence-corrected chi connectivity index (χ0v) is 6.71. The molecule has 0 heterocycles. The summed E-state index contributed by atoms with van der Waals surface area (Å²) in [6, 6.07) is 0. The minimum absolute atomic E-state index is 0.141. The van der Waals surface area contributed by atoms with Crippen molar-refractivity contribution in [2.45, 2.75) is 6.18 Å². The van der Waals surface area contributed by atoms with E-state index in [-0.39, 0.29) is 6.41 Å². The predicted molar refractivity (Wildman–Crippen MR) is 35.9 cm³/mol. The molecule has 0 aliphatic heterocycles. The number of alkyl halides is 3. The molecule has 13 heavy (non-hydrogen) atoms. The minimum atomic E-state index is -4.83. The van der Waals surface area contributed by atoms with Gasteiger partial charge in [-0.2, -0.15) is 13.2 Å². The van der Waals surface area contributed by atoms with Crippen LogP contribution in [-0.2, 0) is 9.59 Å². The van der Waals surface area contributed by atoms with Crippen molar-refractivity contribution >= 4 is 12.4 Å². The second-order valence-corrected chi connectivity index (χ2v) is 2.48. The van der Waals surface area contributed by atoms with Gasteiger partial charge in [-0.15, -0.1) is 0 Å². The molecule has 0 aromatic carbocycles.